The third-order valence-corrected chi connectivity index (χ3v) is 5.43. The van der Waals surface area contributed by atoms with E-state index in [0.29, 0.717) is 29.2 Å². The SMILES string of the molecule is C[C@H]1C[C@H]1C(=O)N1CCC2(CC(Nc3ncccn3)C2)C1. The molecule has 2 saturated carbocycles. The first-order valence-corrected chi connectivity index (χ1v) is 7.98. The van der Waals surface area contributed by atoms with Gasteiger partial charge in [0, 0.05) is 37.4 Å². The molecule has 0 radical (unpaired) electrons. The van der Waals surface area contributed by atoms with E-state index in [9.17, 15) is 4.79 Å². The van der Waals surface area contributed by atoms with E-state index in [4.69, 9.17) is 0 Å². The number of amides is 1. The van der Waals surface area contributed by atoms with Crippen molar-refractivity contribution in [2.75, 3.05) is 18.4 Å². The normalized spacial score (nSPS) is 37.4. The molecule has 0 unspecified atom stereocenters. The van der Waals surface area contributed by atoms with Gasteiger partial charge in [0.2, 0.25) is 11.9 Å². The molecule has 0 bridgehead atoms. The molecule has 1 aromatic heterocycles. The number of nitrogens with one attached hydrogen (secondary N) is 1. The molecule has 2 aliphatic carbocycles. The molecule has 2 heterocycles. The van der Waals surface area contributed by atoms with Gasteiger partial charge in [0.05, 0.1) is 0 Å². The molecule has 1 saturated heterocycles. The molecule has 3 fully saturated rings. The van der Waals surface area contributed by atoms with Crippen LogP contribution in [0.4, 0.5) is 5.95 Å². The number of aromatic nitrogens is 2. The van der Waals surface area contributed by atoms with Crippen LogP contribution in [0.15, 0.2) is 18.5 Å². The van der Waals surface area contributed by atoms with E-state index < -0.39 is 0 Å². The summed E-state index contributed by atoms with van der Waals surface area (Å²) in [7, 11) is 0. The molecule has 1 aromatic rings. The molecule has 21 heavy (non-hydrogen) atoms. The maximum atomic E-state index is 12.3. The fraction of sp³-hybridized carbons (Fsp3) is 0.688. The number of carbonyl (C=O) groups excluding carboxylic acids is 1. The van der Waals surface area contributed by atoms with Gasteiger partial charge in [0.1, 0.15) is 0 Å². The quantitative estimate of drug-likeness (QED) is 0.922. The van der Waals surface area contributed by atoms with Crippen molar-refractivity contribution >= 4 is 11.9 Å². The zero-order valence-corrected chi connectivity index (χ0v) is 12.5. The van der Waals surface area contributed by atoms with Gasteiger partial charge in [-0.1, -0.05) is 6.92 Å². The number of hydrogen-bond donors (Lipinski definition) is 1. The maximum Gasteiger partial charge on any atom is 0.225 e. The van der Waals surface area contributed by atoms with Gasteiger partial charge in [-0.2, -0.15) is 0 Å². The summed E-state index contributed by atoms with van der Waals surface area (Å²) >= 11 is 0. The van der Waals surface area contributed by atoms with Gasteiger partial charge in [0.25, 0.3) is 0 Å². The van der Waals surface area contributed by atoms with Gasteiger partial charge >= 0.3 is 0 Å². The highest BCUT2D eigenvalue weighted by atomic mass is 16.2. The van der Waals surface area contributed by atoms with E-state index in [1.807, 2.05) is 6.07 Å². The van der Waals surface area contributed by atoms with E-state index in [0.717, 1.165) is 44.7 Å². The number of hydrogen-bond acceptors (Lipinski definition) is 4. The lowest BCUT2D eigenvalue weighted by Crippen LogP contribution is -2.47. The van der Waals surface area contributed by atoms with Crippen LogP contribution >= 0.6 is 0 Å². The predicted molar refractivity (Wildman–Crippen MR) is 79.6 cm³/mol. The number of carbonyl (C=O) groups is 1. The largest absolute Gasteiger partial charge is 0.351 e. The van der Waals surface area contributed by atoms with Crippen LogP contribution in [-0.4, -0.2) is 39.9 Å². The van der Waals surface area contributed by atoms with E-state index in [-0.39, 0.29) is 0 Å². The van der Waals surface area contributed by atoms with Crippen molar-refractivity contribution in [1.82, 2.24) is 14.9 Å². The Morgan fingerprint density at radius 1 is 1.38 bits per heavy atom. The van der Waals surface area contributed by atoms with E-state index in [2.05, 4.69) is 27.1 Å². The van der Waals surface area contributed by atoms with Crippen molar-refractivity contribution in [3.8, 4) is 0 Å². The van der Waals surface area contributed by atoms with Crippen molar-refractivity contribution in [1.29, 1.82) is 0 Å². The third kappa shape index (κ3) is 2.39. The minimum Gasteiger partial charge on any atom is -0.351 e. The Morgan fingerprint density at radius 3 is 2.76 bits per heavy atom. The summed E-state index contributed by atoms with van der Waals surface area (Å²) < 4.78 is 0. The Bertz CT molecular complexity index is 540. The van der Waals surface area contributed by atoms with Crippen molar-refractivity contribution in [2.24, 2.45) is 17.3 Å². The summed E-state index contributed by atoms with van der Waals surface area (Å²) in [6.45, 7) is 4.09. The Labute approximate surface area is 125 Å². The Morgan fingerprint density at radius 2 is 2.10 bits per heavy atom. The van der Waals surface area contributed by atoms with E-state index in [1.165, 1.54) is 0 Å². The Kier molecular flexibility index (Phi) is 2.91. The molecule has 1 spiro atoms. The van der Waals surface area contributed by atoms with Crippen LogP contribution in [0.5, 0.6) is 0 Å². The van der Waals surface area contributed by atoms with Crippen LogP contribution in [0.25, 0.3) is 0 Å². The average Bonchev–Trinajstić information content (AvgIpc) is 3.01. The number of nitrogens with zero attached hydrogens (tertiary/aromatic N) is 3. The minimum atomic E-state index is 0.326. The molecule has 1 aliphatic heterocycles. The molecule has 2 atom stereocenters. The number of rotatable bonds is 3. The fourth-order valence-corrected chi connectivity index (χ4v) is 4.00. The number of likely N-dealkylation sites (tertiary alicyclic amines) is 1. The van der Waals surface area contributed by atoms with Crippen LogP contribution in [0.2, 0.25) is 0 Å². The second-order valence-corrected chi connectivity index (χ2v) is 7.15. The van der Waals surface area contributed by atoms with Gasteiger partial charge in [-0.15, -0.1) is 0 Å². The van der Waals surface area contributed by atoms with Crippen LogP contribution in [0, 0.1) is 17.3 Å². The molecule has 5 nitrogen and oxygen atoms in total. The summed E-state index contributed by atoms with van der Waals surface area (Å²) in [6, 6.07) is 2.29. The summed E-state index contributed by atoms with van der Waals surface area (Å²) in [5, 5.41) is 3.39. The van der Waals surface area contributed by atoms with Crippen LogP contribution in [0.3, 0.4) is 0 Å². The highest BCUT2D eigenvalue weighted by molar-refractivity contribution is 5.82. The van der Waals surface area contributed by atoms with Crippen molar-refractivity contribution in [2.45, 2.75) is 38.6 Å². The van der Waals surface area contributed by atoms with E-state index >= 15 is 0 Å². The number of anilines is 1. The minimum absolute atomic E-state index is 0.326. The Hall–Kier alpha value is -1.65. The predicted octanol–water partition coefficient (Wildman–Crippen LogP) is 1.93. The van der Waals surface area contributed by atoms with Crippen LogP contribution in [-0.2, 0) is 4.79 Å². The first kappa shape index (κ1) is 13.0. The average molecular weight is 286 g/mol. The van der Waals surface area contributed by atoms with Crippen LogP contribution in [0.1, 0.15) is 32.6 Å². The highest BCUT2D eigenvalue weighted by Gasteiger charge is 2.51. The third-order valence-electron chi connectivity index (χ3n) is 5.43. The summed E-state index contributed by atoms with van der Waals surface area (Å²) in [4.78, 5) is 22.8. The monoisotopic (exact) mass is 286 g/mol. The van der Waals surface area contributed by atoms with Gasteiger partial charge in [-0.25, -0.2) is 9.97 Å². The molecule has 0 aromatic carbocycles. The van der Waals surface area contributed by atoms with Crippen molar-refractivity contribution < 1.29 is 4.79 Å². The zero-order chi connectivity index (χ0) is 14.4. The van der Waals surface area contributed by atoms with Gasteiger partial charge in [0.15, 0.2) is 0 Å². The summed E-state index contributed by atoms with van der Waals surface area (Å²) in [5.41, 5.74) is 0.361. The first-order chi connectivity index (χ1) is 10.2. The molecular weight excluding hydrogens is 264 g/mol. The molecule has 3 aliphatic rings. The Balaban J connectivity index is 1.30. The lowest BCUT2D eigenvalue weighted by atomic mass is 9.65. The topological polar surface area (TPSA) is 58.1 Å². The molecule has 4 rings (SSSR count). The first-order valence-electron chi connectivity index (χ1n) is 7.98. The standard InChI is InChI=1S/C16H22N4O/c1-11-7-13(11)14(21)20-6-3-16(10-20)8-12(9-16)19-15-17-4-2-5-18-15/h2,4-5,11-13H,3,6-10H2,1H3,(H,17,18,19)/t11-,12?,13+,16?/m0/s1. The van der Waals surface area contributed by atoms with Crippen molar-refractivity contribution in [3.63, 3.8) is 0 Å². The smallest absolute Gasteiger partial charge is 0.225 e. The summed E-state index contributed by atoms with van der Waals surface area (Å²) in [6.07, 6.45) is 8.04. The molecular formula is C16H22N4O. The maximum absolute atomic E-state index is 12.3. The zero-order valence-electron chi connectivity index (χ0n) is 12.5. The molecule has 1 N–H and O–H groups in total. The van der Waals surface area contributed by atoms with Crippen molar-refractivity contribution in [3.05, 3.63) is 18.5 Å². The van der Waals surface area contributed by atoms with Gasteiger partial charge < -0.3 is 10.2 Å². The second kappa shape index (κ2) is 4.68. The molecule has 112 valence electrons. The molecule has 5 heteroatoms. The van der Waals surface area contributed by atoms with Crippen LogP contribution < -0.4 is 5.32 Å². The second-order valence-electron chi connectivity index (χ2n) is 7.15. The van der Waals surface area contributed by atoms with Gasteiger partial charge in [-0.05, 0) is 43.1 Å². The fourth-order valence-electron chi connectivity index (χ4n) is 4.00. The molecule has 1 amide bonds. The lowest BCUT2D eigenvalue weighted by molar-refractivity contribution is -0.132. The lowest BCUT2D eigenvalue weighted by Gasteiger charge is -2.45. The van der Waals surface area contributed by atoms with Gasteiger partial charge in [-0.3, -0.25) is 4.79 Å². The highest BCUT2D eigenvalue weighted by Crippen LogP contribution is 2.50. The summed E-state index contributed by atoms with van der Waals surface area (Å²) in [5.74, 6) is 2.06. The van der Waals surface area contributed by atoms with E-state index in [1.54, 1.807) is 12.4 Å².